The second kappa shape index (κ2) is 6.51. The molecule has 1 aromatic rings. The van der Waals surface area contributed by atoms with Gasteiger partial charge < -0.3 is 20.6 Å². The number of benzene rings is 1. The lowest BCUT2D eigenvalue weighted by Crippen LogP contribution is -2.44. The molecule has 0 bridgehead atoms. The SMILES string of the molecule is O=C(NCCO)NC1CCN(c2c(F)cccc2F)C1. The molecule has 3 N–H and O–H groups in total. The van der Waals surface area contributed by atoms with Crippen molar-refractivity contribution in [1.29, 1.82) is 0 Å². The first-order valence-electron chi connectivity index (χ1n) is 6.46. The van der Waals surface area contributed by atoms with Gasteiger partial charge in [-0.3, -0.25) is 0 Å². The zero-order valence-electron chi connectivity index (χ0n) is 10.9. The third-order valence-electron chi connectivity index (χ3n) is 3.17. The minimum Gasteiger partial charge on any atom is -0.395 e. The number of carbonyl (C=O) groups is 1. The lowest BCUT2D eigenvalue weighted by atomic mass is 10.2. The maximum Gasteiger partial charge on any atom is 0.315 e. The molecule has 2 rings (SSSR count). The smallest absolute Gasteiger partial charge is 0.315 e. The van der Waals surface area contributed by atoms with Crippen LogP contribution >= 0.6 is 0 Å². The Kier molecular flexibility index (Phi) is 4.73. The number of nitrogens with zero attached hydrogens (tertiary/aromatic N) is 1. The molecule has 0 aromatic heterocycles. The van der Waals surface area contributed by atoms with Gasteiger partial charge >= 0.3 is 6.03 Å². The van der Waals surface area contributed by atoms with Gasteiger partial charge in [-0.2, -0.15) is 0 Å². The van der Waals surface area contributed by atoms with E-state index in [0.717, 1.165) is 0 Å². The number of halogens is 2. The van der Waals surface area contributed by atoms with Crippen LogP contribution in [0.1, 0.15) is 6.42 Å². The van der Waals surface area contributed by atoms with Gasteiger partial charge in [0.2, 0.25) is 0 Å². The predicted molar refractivity (Wildman–Crippen MR) is 70.6 cm³/mol. The molecule has 0 spiro atoms. The molecule has 1 saturated heterocycles. The van der Waals surface area contributed by atoms with Gasteiger partial charge in [-0.05, 0) is 18.6 Å². The molecule has 0 saturated carbocycles. The molecule has 5 nitrogen and oxygen atoms in total. The highest BCUT2D eigenvalue weighted by Crippen LogP contribution is 2.26. The van der Waals surface area contributed by atoms with Crippen LogP contribution in [0.25, 0.3) is 0 Å². The van der Waals surface area contributed by atoms with E-state index in [1.54, 1.807) is 4.90 Å². The molecule has 1 aromatic carbocycles. The molecule has 20 heavy (non-hydrogen) atoms. The van der Waals surface area contributed by atoms with E-state index in [1.807, 2.05) is 0 Å². The number of urea groups is 1. The van der Waals surface area contributed by atoms with Crippen LogP contribution in [-0.4, -0.2) is 43.4 Å². The van der Waals surface area contributed by atoms with E-state index in [0.29, 0.717) is 19.5 Å². The highest BCUT2D eigenvalue weighted by molar-refractivity contribution is 5.74. The lowest BCUT2D eigenvalue weighted by molar-refractivity contribution is 0.231. The van der Waals surface area contributed by atoms with Crippen LogP contribution in [0.3, 0.4) is 0 Å². The molecule has 1 heterocycles. The van der Waals surface area contributed by atoms with E-state index in [-0.39, 0.29) is 30.9 Å². The molecule has 1 unspecified atom stereocenters. The first-order chi connectivity index (χ1) is 9.61. The molecule has 1 fully saturated rings. The van der Waals surface area contributed by atoms with E-state index in [4.69, 9.17) is 5.11 Å². The van der Waals surface area contributed by atoms with Crippen molar-refractivity contribution in [3.8, 4) is 0 Å². The van der Waals surface area contributed by atoms with Gasteiger partial charge in [-0.25, -0.2) is 13.6 Å². The highest BCUT2D eigenvalue weighted by atomic mass is 19.1. The summed E-state index contributed by atoms with van der Waals surface area (Å²) in [6.07, 6.45) is 0.611. The minimum absolute atomic E-state index is 0.0485. The number of hydrogen-bond donors (Lipinski definition) is 3. The summed E-state index contributed by atoms with van der Waals surface area (Å²) in [6, 6.07) is 3.19. The van der Waals surface area contributed by atoms with Crippen LogP contribution in [0, 0.1) is 11.6 Å². The predicted octanol–water partition coefficient (Wildman–Crippen LogP) is 0.835. The summed E-state index contributed by atoms with van der Waals surface area (Å²) in [4.78, 5) is 13.0. The Morgan fingerprint density at radius 2 is 2.10 bits per heavy atom. The summed E-state index contributed by atoms with van der Waals surface area (Å²) < 4.78 is 27.3. The summed E-state index contributed by atoms with van der Waals surface area (Å²) in [7, 11) is 0. The van der Waals surface area contributed by atoms with Crippen molar-refractivity contribution in [2.24, 2.45) is 0 Å². The summed E-state index contributed by atoms with van der Waals surface area (Å²) in [5.74, 6) is -1.20. The average molecular weight is 285 g/mol. The van der Waals surface area contributed by atoms with Gasteiger partial charge in [0.05, 0.1) is 6.61 Å². The van der Waals surface area contributed by atoms with Gasteiger partial charge in [-0.1, -0.05) is 6.07 Å². The third kappa shape index (κ3) is 3.36. The van der Waals surface area contributed by atoms with E-state index < -0.39 is 11.6 Å². The van der Waals surface area contributed by atoms with Crippen LogP contribution in [0.4, 0.5) is 19.3 Å². The Morgan fingerprint density at radius 1 is 1.40 bits per heavy atom. The number of para-hydroxylation sites is 1. The highest BCUT2D eigenvalue weighted by Gasteiger charge is 2.27. The fourth-order valence-electron chi connectivity index (χ4n) is 2.28. The second-order valence-corrected chi connectivity index (χ2v) is 4.63. The first kappa shape index (κ1) is 14.5. The summed E-state index contributed by atoms with van der Waals surface area (Å²) in [5.41, 5.74) is -0.0485. The summed E-state index contributed by atoms with van der Waals surface area (Å²) >= 11 is 0. The zero-order chi connectivity index (χ0) is 14.5. The van der Waals surface area contributed by atoms with E-state index in [1.165, 1.54) is 18.2 Å². The summed E-state index contributed by atoms with van der Waals surface area (Å²) in [6.45, 7) is 0.863. The van der Waals surface area contributed by atoms with Gasteiger partial charge in [0, 0.05) is 25.7 Å². The maximum absolute atomic E-state index is 13.6. The van der Waals surface area contributed by atoms with E-state index in [2.05, 4.69) is 10.6 Å². The van der Waals surface area contributed by atoms with Crippen molar-refractivity contribution in [1.82, 2.24) is 10.6 Å². The normalized spacial score (nSPS) is 18.1. The lowest BCUT2D eigenvalue weighted by Gasteiger charge is -2.20. The van der Waals surface area contributed by atoms with Gasteiger partial charge in [-0.15, -0.1) is 0 Å². The Labute approximate surface area is 115 Å². The number of amides is 2. The van der Waals surface area contributed by atoms with Crippen molar-refractivity contribution in [3.63, 3.8) is 0 Å². The number of aliphatic hydroxyl groups is 1. The Morgan fingerprint density at radius 3 is 2.75 bits per heavy atom. The number of hydrogen-bond acceptors (Lipinski definition) is 3. The van der Waals surface area contributed by atoms with Crippen LogP contribution in [0.5, 0.6) is 0 Å². The topological polar surface area (TPSA) is 64.6 Å². The number of rotatable bonds is 4. The molecule has 2 amide bonds. The zero-order valence-corrected chi connectivity index (χ0v) is 10.9. The molecule has 1 aliphatic heterocycles. The van der Waals surface area contributed by atoms with Crippen LogP contribution in [0.2, 0.25) is 0 Å². The average Bonchev–Trinajstić information content (AvgIpc) is 2.84. The van der Waals surface area contributed by atoms with Gasteiger partial charge in [0.1, 0.15) is 17.3 Å². The Hall–Kier alpha value is -1.89. The fourth-order valence-corrected chi connectivity index (χ4v) is 2.28. The van der Waals surface area contributed by atoms with Gasteiger partial charge in [0.15, 0.2) is 0 Å². The number of anilines is 1. The molecule has 7 heteroatoms. The molecule has 0 radical (unpaired) electrons. The van der Waals surface area contributed by atoms with Crippen LogP contribution in [0.15, 0.2) is 18.2 Å². The number of nitrogens with one attached hydrogen (secondary N) is 2. The molecular formula is C13H17F2N3O2. The second-order valence-electron chi connectivity index (χ2n) is 4.63. The van der Waals surface area contributed by atoms with Crippen molar-refractivity contribution in [2.45, 2.75) is 12.5 Å². The van der Waals surface area contributed by atoms with E-state index in [9.17, 15) is 13.6 Å². The number of aliphatic hydroxyl groups excluding tert-OH is 1. The number of carbonyl (C=O) groups excluding carboxylic acids is 1. The first-order valence-corrected chi connectivity index (χ1v) is 6.46. The van der Waals surface area contributed by atoms with Crippen molar-refractivity contribution in [3.05, 3.63) is 29.8 Å². The molecular weight excluding hydrogens is 268 g/mol. The van der Waals surface area contributed by atoms with Crippen molar-refractivity contribution >= 4 is 11.7 Å². The molecule has 0 aliphatic carbocycles. The minimum atomic E-state index is -0.601. The Bertz CT molecular complexity index is 464. The largest absolute Gasteiger partial charge is 0.395 e. The van der Waals surface area contributed by atoms with Gasteiger partial charge in [0.25, 0.3) is 0 Å². The van der Waals surface area contributed by atoms with Crippen molar-refractivity contribution in [2.75, 3.05) is 31.1 Å². The standard InChI is InChI=1S/C13H17F2N3O2/c14-10-2-1-3-11(15)12(10)18-6-4-9(8-18)17-13(20)16-5-7-19/h1-3,9,19H,4-8H2,(H2,16,17,20). The van der Waals surface area contributed by atoms with Crippen LogP contribution < -0.4 is 15.5 Å². The van der Waals surface area contributed by atoms with Crippen molar-refractivity contribution < 1.29 is 18.7 Å². The van der Waals surface area contributed by atoms with E-state index >= 15 is 0 Å². The molecule has 110 valence electrons. The third-order valence-corrected chi connectivity index (χ3v) is 3.17. The maximum atomic E-state index is 13.6. The summed E-state index contributed by atoms with van der Waals surface area (Å²) in [5, 5.41) is 13.8. The quantitative estimate of drug-likeness (QED) is 0.768. The fraction of sp³-hybridized carbons (Fsp3) is 0.462. The van der Waals surface area contributed by atoms with Crippen LogP contribution in [-0.2, 0) is 0 Å². The molecule has 1 aliphatic rings. The molecule has 1 atom stereocenters. The Balaban J connectivity index is 1.94. The monoisotopic (exact) mass is 285 g/mol.